The first-order valence-corrected chi connectivity index (χ1v) is 6.01. The summed E-state index contributed by atoms with van der Waals surface area (Å²) in [6.45, 7) is 0.946. The van der Waals surface area contributed by atoms with Crippen LogP contribution in [-0.2, 0) is 11.3 Å². The summed E-state index contributed by atoms with van der Waals surface area (Å²) in [5.41, 5.74) is 0.695. The molecule has 0 saturated heterocycles. The molecule has 17 heavy (non-hydrogen) atoms. The molecule has 5 heteroatoms. The SMILES string of the molecule is NOCCc1cc(F)cc(Cl)c1OCC1CC1. The number of benzene rings is 1. The molecule has 2 rings (SSSR count). The van der Waals surface area contributed by atoms with Crippen LogP contribution in [0.25, 0.3) is 0 Å². The van der Waals surface area contributed by atoms with Gasteiger partial charge >= 0.3 is 0 Å². The van der Waals surface area contributed by atoms with Gasteiger partial charge < -0.3 is 9.57 Å². The third-order valence-corrected chi connectivity index (χ3v) is 3.02. The van der Waals surface area contributed by atoms with Crippen LogP contribution in [0.1, 0.15) is 18.4 Å². The lowest BCUT2D eigenvalue weighted by molar-refractivity contribution is 0.140. The van der Waals surface area contributed by atoms with Gasteiger partial charge in [-0.3, -0.25) is 0 Å². The van der Waals surface area contributed by atoms with Gasteiger partial charge in [0.2, 0.25) is 0 Å². The Kier molecular flexibility index (Phi) is 4.20. The van der Waals surface area contributed by atoms with Crippen molar-refractivity contribution in [2.45, 2.75) is 19.3 Å². The Morgan fingerprint density at radius 3 is 2.82 bits per heavy atom. The Labute approximate surface area is 105 Å². The summed E-state index contributed by atoms with van der Waals surface area (Å²) in [7, 11) is 0. The van der Waals surface area contributed by atoms with Crippen LogP contribution in [0.4, 0.5) is 4.39 Å². The fraction of sp³-hybridized carbons (Fsp3) is 0.500. The van der Waals surface area contributed by atoms with Crippen molar-refractivity contribution in [2.24, 2.45) is 11.8 Å². The minimum Gasteiger partial charge on any atom is -0.491 e. The normalized spacial score (nSPS) is 15.0. The molecule has 1 saturated carbocycles. The molecule has 0 bridgehead atoms. The van der Waals surface area contributed by atoms with Crippen LogP contribution < -0.4 is 10.6 Å². The maximum absolute atomic E-state index is 13.2. The summed E-state index contributed by atoms with van der Waals surface area (Å²) >= 11 is 5.98. The molecule has 1 aromatic rings. The first-order chi connectivity index (χ1) is 8.20. The summed E-state index contributed by atoms with van der Waals surface area (Å²) in [6, 6.07) is 2.67. The van der Waals surface area contributed by atoms with E-state index in [9.17, 15) is 4.39 Å². The van der Waals surface area contributed by atoms with E-state index < -0.39 is 0 Å². The van der Waals surface area contributed by atoms with Gasteiger partial charge in [-0.15, -0.1) is 0 Å². The van der Waals surface area contributed by atoms with Crippen molar-refractivity contribution in [1.29, 1.82) is 0 Å². The van der Waals surface area contributed by atoms with Gasteiger partial charge in [-0.2, -0.15) is 0 Å². The highest BCUT2D eigenvalue weighted by Crippen LogP contribution is 2.34. The zero-order valence-electron chi connectivity index (χ0n) is 9.42. The minimum atomic E-state index is -0.374. The second-order valence-electron chi connectivity index (χ2n) is 4.25. The number of hydrogen-bond acceptors (Lipinski definition) is 3. The maximum atomic E-state index is 13.2. The molecular weight excluding hydrogens is 245 g/mol. The molecule has 0 heterocycles. The highest BCUT2D eigenvalue weighted by atomic mass is 35.5. The molecule has 3 nitrogen and oxygen atoms in total. The van der Waals surface area contributed by atoms with Crippen LogP contribution in [0.5, 0.6) is 5.75 Å². The number of nitrogens with two attached hydrogens (primary N) is 1. The third-order valence-electron chi connectivity index (χ3n) is 2.73. The topological polar surface area (TPSA) is 44.5 Å². The van der Waals surface area contributed by atoms with E-state index in [1.807, 2.05) is 0 Å². The van der Waals surface area contributed by atoms with Crippen molar-refractivity contribution >= 4 is 11.6 Å². The zero-order valence-corrected chi connectivity index (χ0v) is 10.2. The standard InChI is InChI=1S/C12H15ClFNO2/c13-11-6-10(14)5-9(3-4-17-15)12(11)16-7-8-1-2-8/h5-6,8H,1-4,7,15H2. The average molecular weight is 260 g/mol. The van der Waals surface area contributed by atoms with Gasteiger partial charge in [0, 0.05) is 12.0 Å². The van der Waals surface area contributed by atoms with Gasteiger partial charge in [0.15, 0.2) is 0 Å². The van der Waals surface area contributed by atoms with Gasteiger partial charge in [0.1, 0.15) is 11.6 Å². The van der Waals surface area contributed by atoms with Crippen molar-refractivity contribution in [3.8, 4) is 5.75 Å². The van der Waals surface area contributed by atoms with Gasteiger partial charge in [-0.05, 0) is 30.9 Å². The van der Waals surface area contributed by atoms with Crippen molar-refractivity contribution in [3.63, 3.8) is 0 Å². The van der Waals surface area contributed by atoms with Crippen molar-refractivity contribution in [1.82, 2.24) is 0 Å². The van der Waals surface area contributed by atoms with Crippen LogP contribution >= 0.6 is 11.6 Å². The molecule has 1 aromatic carbocycles. The van der Waals surface area contributed by atoms with Crippen LogP contribution in [0.15, 0.2) is 12.1 Å². The molecule has 0 atom stereocenters. The summed E-state index contributed by atoms with van der Waals surface area (Å²) in [4.78, 5) is 4.50. The summed E-state index contributed by atoms with van der Waals surface area (Å²) < 4.78 is 18.9. The quantitative estimate of drug-likeness (QED) is 0.799. The molecule has 0 spiro atoms. The highest BCUT2D eigenvalue weighted by Gasteiger charge is 2.23. The van der Waals surface area contributed by atoms with E-state index in [1.54, 1.807) is 0 Å². The maximum Gasteiger partial charge on any atom is 0.141 e. The molecule has 2 N–H and O–H groups in total. The van der Waals surface area contributed by atoms with Gasteiger partial charge in [-0.1, -0.05) is 11.6 Å². The molecule has 0 aromatic heterocycles. The Hall–Kier alpha value is -0.840. The molecule has 0 amide bonds. The molecule has 0 aliphatic heterocycles. The fourth-order valence-electron chi connectivity index (χ4n) is 1.62. The highest BCUT2D eigenvalue weighted by molar-refractivity contribution is 6.32. The van der Waals surface area contributed by atoms with E-state index in [2.05, 4.69) is 4.84 Å². The summed E-state index contributed by atoms with van der Waals surface area (Å²) in [5, 5.41) is 0.303. The van der Waals surface area contributed by atoms with Crippen molar-refractivity contribution < 1.29 is 14.0 Å². The second-order valence-corrected chi connectivity index (χ2v) is 4.66. The molecule has 1 aliphatic carbocycles. The van der Waals surface area contributed by atoms with Gasteiger partial charge in [0.25, 0.3) is 0 Å². The van der Waals surface area contributed by atoms with Gasteiger partial charge in [0.05, 0.1) is 18.2 Å². The average Bonchev–Trinajstić information content (AvgIpc) is 3.08. The minimum absolute atomic E-state index is 0.303. The monoisotopic (exact) mass is 259 g/mol. The van der Waals surface area contributed by atoms with Crippen LogP contribution in [0.2, 0.25) is 5.02 Å². The first kappa shape index (κ1) is 12.6. The predicted octanol–water partition coefficient (Wildman–Crippen LogP) is 2.70. The second kappa shape index (κ2) is 5.67. The largest absolute Gasteiger partial charge is 0.491 e. The zero-order chi connectivity index (χ0) is 12.3. The lowest BCUT2D eigenvalue weighted by Gasteiger charge is -2.13. The first-order valence-electron chi connectivity index (χ1n) is 5.63. The van der Waals surface area contributed by atoms with E-state index in [-0.39, 0.29) is 5.82 Å². The van der Waals surface area contributed by atoms with E-state index in [1.165, 1.54) is 25.0 Å². The molecule has 0 radical (unpaired) electrons. The van der Waals surface area contributed by atoms with Crippen molar-refractivity contribution in [2.75, 3.05) is 13.2 Å². The Bertz CT molecular complexity index is 396. The van der Waals surface area contributed by atoms with Gasteiger partial charge in [-0.25, -0.2) is 10.3 Å². The fourth-order valence-corrected chi connectivity index (χ4v) is 1.90. The van der Waals surface area contributed by atoms with Crippen LogP contribution in [-0.4, -0.2) is 13.2 Å². The van der Waals surface area contributed by atoms with Crippen LogP contribution in [0.3, 0.4) is 0 Å². The predicted molar refractivity (Wildman–Crippen MR) is 63.5 cm³/mol. The molecule has 1 aliphatic rings. The van der Waals surface area contributed by atoms with E-state index in [0.717, 1.165) is 0 Å². The summed E-state index contributed by atoms with van der Waals surface area (Å²) in [6.07, 6.45) is 2.87. The molecule has 94 valence electrons. The molecular formula is C12H15ClFNO2. The third kappa shape index (κ3) is 3.56. The van der Waals surface area contributed by atoms with Crippen molar-refractivity contribution in [3.05, 3.63) is 28.5 Å². The number of hydrogen-bond donors (Lipinski definition) is 1. The Morgan fingerprint density at radius 1 is 1.41 bits per heavy atom. The Balaban J connectivity index is 2.12. The van der Waals surface area contributed by atoms with Crippen LogP contribution in [0, 0.1) is 11.7 Å². The lowest BCUT2D eigenvalue weighted by atomic mass is 10.1. The molecule has 0 unspecified atom stereocenters. The smallest absolute Gasteiger partial charge is 0.141 e. The van der Waals surface area contributed by atoms with E-state index in [4.69, 9.17) is 22.2 Å². The number of ether oxygens (including phenoxy) is 1. The number of halogens is 2. The number of rotatable bonds is 6. The molecule has 1 fully saturated rings. The lowest BCUT2D eigenvalue weighted by Crippen LogP contribution is -2.07. The summed E-state index contributed by atoms with van der Waals surface area (Å²) in [5.74, 6) is 5.77. The Morgan fingerprint density at radius 2 is 2.18 bits per heavy atom. The van der Waals surface area contributed by atoms with E-state index in [0.29, 0.717) is 41.9 Å². The van der Waals surface area contributed by atoms with E-state index >= 15 is 0 Å².